The summed E-state index contributed by atoms with van der Waals surface area (Å²) in [6.45, 7) is 4.44. The van der Waals surface area contributed by atoms with Crippen LogP contribution in [-0.2, 0) is 0 Å². The van der Waals surface area contributed by atoms with Gasteiger partial charge in [-0.25, -0.2) is 0 Å². The second-order valence-electron chi connectivity index (χ2n) is 11.1. The van der Waals surface area contributed by atoms with Crippen molar-refractivity contribution in [3.8, 4) is 11.5 Å². The summed E-state index contributed by atoms with van der Waals surface area (Å²) in [6.07, 6.45) is 0. The van der Waals surface area contributed by atoms with Crippen LogP contribution in [-0.4, -0.2) is 6.71 Å². The van der Waals surface area contributed by atoms with Crippen LogP contribution >= 0.6 is 0 Å². The molecule has 0 unspecified atom stereocenters. The Kier molecular flexibility index (Phi) is 5.68. The van der Waals surface area contributed by atoms with Gasteiger partial charge in [0.05, 0.1) is 5.69 Å². The number of aryl methyl sites for hydroxylation is 2. The summed E-state index contributed by atoms with van der Waals surface area (Å²) >= 11 is 0. The van der Waals surface area contributed by atoms with Crippen molar-refractivity contribution in [2.24, 2.45) is 0 Å². The van der Waals surface area contributed by atoms with E-state index in [1.807, 2.05) is 0 Å². The molecule has 2 aliphatic heterocycles. The van der Waals surface area contributed by atoms with Crippen LogP contribution in [0, 0.1) is 13.8 Å². The predicted molar refractivity (Wildman–Crippen MR) is 176 cm³/mol. The van der Waals surface area contributed by atoms with Crippen molar-refractivity contribution in [2.45, 2.75) is 13.8 Å². The molecular formula is C38H29BN2O. The van der Waals surface area contributed by atoms with Gasteiger partial charge in [0.2, 0.25) is 0 Å². The van der Waals surface area contributed by atoms with Crippen LogP contribution in [0.5, 0.6) is 11.5 Å². The Labute approximate surface area is 247 Å². The van der Waals surface area contributed by atoms with Gasteiger partial charge in [-0.15, -0.1) is 0 Å². The maximum absolute atomic E-state index is 6.89. The van der Waals surface area contributed by atoms with Gasteiger partial charge in [0.25, 0.3) is 6.71 Å². The Balaban J connectivity index is 1.45. The zero-order valence-electron chi connectivity index (χ0n) is 23.7. The molecule has 4 heteroatoms. The average molecular weight is 540 g/mol. The number of ether oxygens (including phenoxy) is 1. The first-order valence-corrected chi connectivity index (χ1v) is 14.5. The van der Waals surface area contributed by atoms with Crippen LogP contribution in [0.3, 0.4) is 0 Å². The standard InChI is InChI=1S/C38H29BN2O/c1-26-22-27(2)37-35(23-26)42-36-25-31(40(28-14-6-3-7-15-28)29-16-8-4-9-17-29)24-34-38(36)39(37)32-20-12-13-21-33(32)41(34)30-18-10-5-11-19-30/h3-25H,1-2H3. The summed E-state index contributed by atoms with van der Waals surface area (Å²) in [5.74, 6) is 1.85. The largest absolute Gasteiger partial charge is 0.458 e. The molecule has 0 aliphatic carbocycles. The first kappa shape index (κ1) is 24.6. The number of fused-ring (bicyclic) bond motifs is 4. The van der Waals surface area contributed by atoms with E-state index in [4.69, 9.17) is 4.74 Å². The Morgan fingerprint density at radius 2 is 1.14 bits per heavy atom. The number of anilines is 6. The molecule has 6 aromatic carbocycles. The quantitative estimate of drug-likeness (QED) is 0.210. The molecule has 0 fully saturated rings. The van der Waals surface area contributed by atoms with Gasteiger partial charge in [0, 0.05) is 34.5 Å². The molecule has 42 heavy (non-hydrogen) atoms. The van der Waals surface area contributed by atoms with Gasteiger partial charge < -0.3 is 14.5 Å². The van der Waals surface area contributed by atoms with Gasteiger partial charge in [-0.1, -0.05) is 84.4 Å². The van der Waals surface area contributed by atoms with E-state index in [1.54, 1.807) is 0 Å². The number of nitrogens with zero attached hydrogens (tertiary/aromatic N) is 2. The SMILES string of the molecule is Cc1cc(C)c2c(c1)Oc1cc(N(c3ccccc3)c3ccccc3)cc3c1B2c1ccccc1N3c1ccccc1. The molecule has 0 radical (unpaired) electrons. The molecule has 0 amide bonds. The van der Waals surface area contributed by atoms with Crippen molar-refractivity contribution in [1.82, 2.24) is 0 Å². The van der Waals surface area contributed by atoms with Crippen LogP contribution in [0.15, 0.2) is 140 Å². The van der Waals surface area contributed by atoms with E-state index in [0.717, 1.165) is 39.9 Å². The summed E-state index contributed by atoms with van der Waals surface area (Å²) in [5.41, 5.74) is 12.9. The van der Waals surface area contributed by atoms with Crippen molar-refractivity contribution in [2.75, 3.05) is 9.80 Å². The molecule has 0 saturated carbocycles. The van der Waals surface area contributed by atoms with Gasteiger partial charge in [0.1, 0.15) is 11.5 Å². The topological polar surface area (TPSA) is 15.7 Å². The molecular weight excluding hydrogens is 511 g/mol. The van der Waals surface area contributed by atoms with Crippen LogP contribution in [0.2, 0.25) is 0 Å². The molecule has 0 atom stereocenters. The molecule has 200 valence electrons. The highest BCUT2D eigenvalue weighted by atomic mass is 16.5. The molecule has 0 N–H and O–H groups in total. The number of hydrogen-bond donors (Lipinski definition) is 0. The molecule has 3 nitrogen and oxygen atoms in total. The summed E-state index contributed by atoms with van der Waals surface area (Å²) in [4.78, 5) is 4.72. The first-order valence-electron chi connectivity index (χ1n) is 14.5. The van der Waals surface area contributed by atoms with Crippen LogP contribution in [0.25, 0.3) is 0 Å². The summed E-state index contributed by atoms with van der Waals surface area (Å²) in [5, 5.41) is 0. The van der Waals surface area contributed by atoms with E-state index in [0.29, 0.717) is 0 Å². The lowest BCUT2D eigenvalue weighted by atomic mass is 9.33. The molecule has 6 aromatic rings. The highest BCUT2D eigenvalue weighted by Crippen LogP contribution is 2.45. The fraction of sp³-hybridized carbons (Fsp3) is 0.0526. The minimum absolute atomic E-state index is 0.0754. The molecule has 0 saturated heterocycles. The molecule has 2 heterocycles. The van der Waals surface area contributed by atoms with Gasteiger partial charge in [-0.05, 0) is 90.4 Å². The smallest absolute Gasteiger partial charge is 0.256 e. The van der Waals surface area contributed by atoms with Crippen molar-refractivity contribution >= 4 is 57.2 Å². The van der Waals surface area contributed by atoms with Crippen molar-refractivity contribution in [3.05, 3.63) is 151 Å². The molecule has 2 aliphatic rings. The minimum Gasteiger partial charge on any atom is -0.458 e. The van der Waals surface area contributed by atoms with E-state index in [-0.39, 0.29) is 6.71 Å². The van der Waals surface area contributed by atoms with E-state index in [9.17, 15) is 0 Å². The van der Waals surface area contributed by atoms with E-state index in [1.165, 1.54) is 33.2 Å². The number of benzene rings is 6. The van der Waals surface area contributed by atoms with Crippen LogP contribution in [0.1, 0.15) is 11.1 Å². The minimum atomic E-state index is 0.0754. The lowest BCUT2D eigenvalue weighted by molar-refractivity contribution is 0.487. The van der Waals surface area contributed by atoms with E-state index >= 15 is 0 Å². The third-order valence-electron chi connectivity index (χ3n) is 8.43. The lowest BCUT2D eigenvalue weighted by Crippen LogP contribution is -2.60. The van der Waals surface area contributed by atoms with E-state index in [2.05, 4.69) is 163 Å². The summed E-state index contributed by atoms with van der Waals surface area (Å²) in [6, 6.07) is 49.7. The summed E-state index contributed by atoms with van der Waals surface area (Å²) < 4.78 is 6.89. The second kappa shape index (κ2) is 9.71. The predicted octanol–water partition coefficient (Wildman–Crippen LogP) is 8.18. The first-order chi connectivity index (χ1) is 20.7. The molecule has 8 rings (SSSR count). The number of para-hydroxylation sites is 4. The zero-order chi connectivity index (χ0) is 28.2. The van der Waals surface area contributed by atoms with Crippen LogP contribution in [0.4, 0.5) is 34.1 Å². The van der Waals surface area contributed by atoms with Gasteiger partial charge in [0.15, 0.2) is 0 Å². The van der Waals surface area contributed by atoms with Gasteiger partial charge in [-0.3, -0.25) is 0 Å². The second-order valence-corrected chi connectivity index (χ2v) is 11.1. The highest BCUT2D eigenvalue weighted by Gasteiger charge is 2.43. The third kappa shape index (κ3) is 3.83. The zero-order valence-corrected chi connectivity index (χ0v) is 23.7. The molecule has 0 aromatic heterocycles. The highest BCUT2D eigenvalue weighted by molar-refractivity contribution is 6.99. The Hall–Kier alpha value is -5.22. The maximum atomic E-state index is 6.89. The third-order valence-corrected chi connectivity index (χ3v) is 8.43. The Morgan fingerprint density at radius 3 is 1.83 bits per heavy atom. The van der Waals surface area contributed by atoms with Gasteiger partial charge >= 0.3 is 0 Å². The number of hydrogen-bond acceptors (Lipinski definition) is 3. The van der Waals surface area contributed by atoms with Crippen molar-refractivity contribution in [1.29, 1.82) is 0 Å². The Morgan fingerprint density at radius 1 is 0.548 bits per heavy atom. The lowest BCUT2D eigenvalue weighted by Gasteiger charge is -2.41. The molecule has 0 bridgehead atoms. The normalized spacial score (nSPS) is 12.6. The fourth-order valence-corrected chi connectivity index (χ4v) is 6.78. The Bertz CT molecular complexity index is 1900. The fourth-order valence-electron chi connectivity index (χ4n) is 6.78. The summed E-state index contributed by atoms with van der Waals surface area (Å²) in [7, 11) is 0. The van der Waals surface area contributed by atoms with Gasteiger partial charge in [-0.2, -0.15) is 0 Å². The van der Waals surface area contributed by atoms with Crippen LogP contribution < -0.4 is 30.9 Å². The molecule has 0 spiro atoms. The monoisotopic (exact) mass is 540 g/mol. The van der Waals surface area contributed by atoms with Crippen molar-refractivity contribution < 1.29 is 4.74 Å². The average Bonchev–Trinajstić information content (AvgIpc) is 3.02. The maximum Gasteiger partial charge on any atom is 0.256 e. The number of rotatable bonds is 4. The van der Waals surface area contributed by atoms with E-state index < -0.39 is 0 Å². The van der Waals surface area contributed by atoms with Crippen molar-refractivity contribution in [3.63, 3.8) is 0 Å².